The maximum absolute atomic E-state index is 12.7. The number of benzene rings is 2. The average Bonchev–Trinajstić information content (AvgIpc) is 3.43. The summed E-state index contributed by atoms with van der Waals surface area (Å²) in [5.74, 6) is -1.43. The number of hydrogen-bond donors (Lipinski definition) is 3. The second-order valence-electron chi connectivity index (χ2n) is 9.79. The van der Waals surface area contributed by atoms with E-state index in [9.17, 15) is 14.4 Å². The first-order chi connectivity index (χ1) is 16.9. The summed E-state index contributed by atoms with van der Waals surface area (Å²) in [5, 5.41) is 14.8. The van der Waals surface area contributed by atoms with E-state index in [1.807, 2.05) is 24.3 Å². The molecular weight excluding hydrogens is 448 g/mol. The van der Waals surface area contributed by atoms with Gasteiger partial charge >= 0.3 is 12.1 Å². The van der Waals surface area contributed by atoms with Gasteiger partial charge in [-0.1, -0.05) is 48.5 Å². The first kappa shape index (κ1) is 23.4. The number of aliphatic carboxylic acids is 1. The number of carboxylic acid groups (broad SMARTS) is 1. The van der Waals surface area contributed by atoms with Gasteiger partial charge in [0.1, 0.15) is 6.61 Å². The molecule has 0 radical (unpaired) electrons. The highest BCUT2D eigenvalue weighted by atomic mass is 16.5. The minimum absolute atomic E-state index is 0.00594. The van der Waals surface area contributed by atoms with Crippen molar-refractivity contribution >= 4 is 18.0 Å². The van der Waals surface area contributed by atoms with E-state index >= 15 is 0 Å². The Kier molecular flexibility index (Phi) is 6.47. The number of nitrogens with one attached hydrogen (secondary N) is 2. The van der Waals surface area contributed by atoms with Gasteiger partial charge in [0.2, 0.25) is 5.91 Å². The van der Waals surface area contributed by atoms with Gasteiger partial charge < -0.3 is 25.2 Å². The number of ether oxygens (including phenoxy) is 2. The fourth-order valence-corrected chi connectivity index (χ4v) is 5.48. The second-order valence-corrected chi connectivity index (χ2v) is 9.79. The molecule has 1 saturated heterocycles. The van der Waals surface area contributed by atoms with Crippen molar-refractivity contribution < 1.29 is 29.0 Å². The van der Waals surface area contributed by atoms with Crippen molar-refractivity contribution in [2.45, 2.75) is 49.7 Å². The average molecular weight is 479 g/mol. The lowest BCUT2D eigenvalue weighted by Gasteiger charge is -2.42. The van der Waals surface area contributed by atoms with Crippen LogP contribution in [-0.2, 0) is 19.1 Å². The monoisotopic (exact) mass is 478 g/mol. The first-order valence-electron chi connectivity index (χ1n) is 12.2. The zero-order valence-electron chi connectivity index (χ0n) is 19.5. The van der Waals surface area contributed by atoms with Crippen molar-refractivity contribution in [2.24, 2.45) is 5.92 Å². The number of carbonyl (C=O) groups excluding carboxylic acids is 2. The number of hydrogen-bond acceptors (Lipinski definition) is 5. The Labute approximate surface area is 204 Å². The highest BCUT2D eigenvalue weighted by molar-refractivity contribution is 5.81. The van der Waals surface area contributed by atoms with E-state index in [-0.39, 0.29) is 50.0 Å². The lowest BCUT2D eigenvalue weighted by Crippen LogP contribution is -2.56. The number of alkyl carbamates (subject to hydrolysis) is 1. The van der Waals surface area contributed by atoms with Gasteiger partial charge in [0, 0.05) is 12.5 Å². The first-order valence-corrected chi connectivity index (χ1v) is 12.2. The summed E-state index contributed by atoms with van der Waals surface area (Å²) in [5.41, 5.74) is 4.03. The largest absolute Gasteiger partial charge is 0.481 e. The molecule has 5 rings (SSSR count). The third-order valence-electron chi connectivity index (χ3n) is 7.46. The van der Waals surface area contributed by atoms with Crippen LogP contribution in [-0.4, -0.2) is 54.5 Å². The van der Waals surface area contributed by atoms with Crippen molar-refractivity contribution in [2.75, 3.05) is 19.8 Å². The van der Waals surface area contributed by atoms with E-state index < -0.39 is 17.6 Å². The van der Waals surface area contributed by atoms with Crippen molar-refractivity contribution in [1.29, 1.82) is 0 Å². The van der Waals surface area contributed by atoms with E-state index in [2.05, 4.69) is 34.9 Å². The molecule has 0 aromatic heterocycles. The Morgan fingerprint density at radius 3 is 2.29 bits per heavy atom. The van der Waals surface area contributed by atoms with Gasteiger partial charge in [0.25, 0.3) is 0 Å². The predicted molar refractivity (Wildman–Crippen MR) is 128 cm³/mol. The van der Waals surface area contributed by atoms with Crippen LogP contribution in [0.2, 0.25) is 0 Å². The highest BCUT2D eigenvalue weighted by Crippen LogP contribution is 2.44. The van der Waals surface area contributed by atoms with Gasteiger partial charge in [-0.2, -0.15) is 0 Å². The summed E-state index contributed by atoms with van der Waals surface area (Å²) < 4.78 is 11.3. The van der Waals surface area contributed by atoms with Crippen LogP contribution < -0.4 is 10.6 Å². The van der Waals surface area contributed by atoms with Crippen molar-refractivity contribution in [3.63, 3.8) is 0 Å². The number of amides is 2. The molecule has 0 spiro atoms. The third kappa shape index (κ3) is 4.89. The molecule has 2 atom stereocenters. The fourth-order valence-electron chi connectivity index (χ4n) is 5.48. The Hall–Kier alpha value is -3.39. The SMILES string of the molecule is O=C(O)CC1(NC(=O)C2COC(CNC(=O)OCC3c4ccccc4-c4ccccc43)C2)CCC1. The summed E-state index contributed by atoms with van der Waals surface area (Å²) >= 11 is 0. The van der Waals surface area contributed by atoms with Gasteiger partial charge in [-0.15, -0.1) is 0 Å². The maximum Gasteiger partial charge on any atom is 0.407 e. The van der Waals surface area contributed by atoms with Crippen LogP contribution in [0.4, 0.5) is 4.79 Å². The van der Waals surface area contributed by atoms with Crippen molar-refractivity contribution in [1.82, 2.24) is 10.6 Å². The van der Waals surface area contributed by atoms with E-state index in [1.54, 1.807) is 0 Å². The van der Waals surface area contributed by atoms with Gasteiger partial charge in [0.15, 0.2) is 0 Å². The quantitative estimate of drug-likeness (QED) is 0.536. The molecule has 1 heterocycles. The van der Waals surface area contributed by atoms with Crippen LogP contribution in [0.25, 0.3) is 11.1 Å². The fraction of sp³-hybridized carbons (Fsp3) is 0.444. The molecule has 2 fully saturated rings. The van der Waals surface area contributed by atoms with Crippen LogP contribution in [0.15, 0.2) is 48.5 Å². The van der Waals surface area contributed by atoms with Gasteiger partial charge in [-0.05, 0) is 47.9 Å². The Morgan fingerprint density at radius 2 is 1.69 bits per heavy atom. The van der Waals surface area contributed by atoms with Crippen LogP contribution >= 0.6 is 0 Å². The van der Waals surface area contributed by atoms with Crippen molar-refractivity contribution in [3.8, 4) is 11.1 Å². The summed E-state index contributed by atoms with van der Waals surface area (Å²) in [6.45, 7) is 0.745. The predicted octanol–water partition coefficient (Wildman–Crippen LogP) is 3.44. The smallest absolute Gasteiger partial charge is 0.407 e. The minimum Gasteiger partial charge on any atom is -0.481 e. The van der Waals surface area contributed by atoms with Crippen LogP contribution in [0, 0.1) is 5.92 Å². The molecule has 8 heteroatoms. The molecule has 184 valence electrons. The van der Waals surface area contributed by atoms with Crippen LogP contribution in [0.3, 0.4) is 0 Å². The number of carbonyl (C=O) groups is 3. The number of carboxylic acids is 1. The number of fused-ring (bicyclic) bond motifs is 3. The van der Waals surface area contributed by atoms with Crippen LogP contribution in [0.1, 0.15) is 49.1 Å². The van der Waals surface area contributed by atoms with E-state index in [0.717, 1.165) is 17.5 Å². The molecule has 2 aliphatic carbocycles. The molecule has 2 unspecified atom stereocenters. The molecule has 3 N–H and O–H groups in total. The molecule has 1 saturated carbocycles. The minimum atomic E-state index is -0.905. The summed E-state index contributed by atoms with van der Waals surface area (Å²) in [7, 11) is 0. The molecule has 2 aromatic carbocycles. The molecular formula is C27H30N2O6. The van der Waals surface area contributed by atoms with Crippen molar-refractivity contribution in [3.05, 3.63) is 59.7 Å². The Morgan fingerprint density at radius 1 is 1.03 bits per heavy atom. The van der Waals surface area contributed by atoms with Crippen LogP contribution in [0.5, 0.6) is 0 Å². The molecule has 3 aliphatic rings. The topological polar surface area (TPSA) is 114 Å². The second kappa shape index (κ2) is 9.70. The normalized spacial score (nSPS) is 21.9. The molecule has 35 heavy (non-hydrogen) atoms. The third-order valence-corrected chi connectivity index (χ3v) is 7.46. The van der Waals surface area contributed by atoms with Gasteiger partial charge in [-0.3, -0.25) is 9.59 Å². The Balaban J connectivity index is 1.09. The van der Waals surface area contributed by atoms with Gasteiger partial charge in [-0.25, -0.2) is 4.79 Å². The molecule has 1 aliphatic heterocycles. The van der Waals surface area contributed by atoms with E-state index in [0.29, 0.717) is 19.3 Å². The van der Waals surface area contributed by atoms with E-state index in [4.69, 9.17) is 14.6 Å². The number of rotatable bonds is 8. The molecule has 2 amide bonds. The highest BCUT2D eigenvalue weighted by Gasteiger charge is 2.42. The molecule has 2 aromatic rings. The summed E-state index contributed by atoms with van der Waals surface area (Å²) in [6.07, 6.45) is 1.90. The maximum atomic E-state index is 12.7. The molecule has 0 bridgehead atoms. The lowest BCUT2D eigenvalue weighted by atomic mass is 9.74. The van der Waals surface area contributed by atoms with Gasteiger partial charge in [0.05, 0.1) is 30.6 Å². The summed E-state index contributed by atoms with van der Waals surface area (Å²) in [4.78, 5) is 36.2. The van der Waals surface area contributed by atoms with E-state index in [1.165, 1.54) is 11.1 Å². The lowest BCUT2D eigenvalue weighted by molar-refractivity contribution is -0.140. The zero-order valence-corrected chi connectivity index (χ0v) is 19.5. The summed E-state index contributed by atoms with van der Waals surface area (Å²) in [6, 6.07) is 16.3. The standard InChI is InChI=1S/C27H30N2O6/c30-24(31)13-27(10-5-11-27)29-25(32)17-12-18(34-15-17)14-28-26(33)35-16-23-21-8-3-1-6-19(21)20-7-2-4-9-22(20)23/h1-4,6-9,17-18,23H,5,10-16H2,(H,28,33)(H,29,32)(H,30,31). The Bertz CT molecular complexity index is 1080. The molecule has 8 nitrogen and oxygen atoms in total. The zero-order chi connectivity index (χ0) is 24.4.